The fraction of sp³-hybridized carbons (Fsp3) is 0.360. The Kier molecular flexibility index (Phi) is 5.47. The van der Waals surface area contributed by atoms with Crippen molar-refractivity contribution in [1.82, 2.24) is 29.9 Å². The normalized spacial score (nSPS) is 14.6. The molecule has 4 aromatic rings. The van der Waals surface area contributed by atoms with Crippen LogP contribution in [0.1, 0.15) is 53.0 Å². The summed E-state index contributed by atoms with van der Waals surface area (Å²) in [6.07, 6.45) is 5.98. The van der Waals surface area contributed by atoms with Crippen molar-refractivity contribution in [3.63, 3.8) is 0 Å². The van der Waals surface area contributed by atoms with Crippen LogP contribution in [0.25, 0.3) is 11.0 Å². The highest BCUT2D eigenvalue weighted by Crippen LogP contribution is 2.40. The van der Waals surface area contributed by atoms with Crippen LogP contribution in [-0.2, 0) is 13.1 Å². The summed E-state index contributed by atoms with van der Waals surface area (Å²) in [5, 5.41) is 13.0. The second-order valence-electron chi connectivity index (χ2n) is 8.84. The first kappa shape index (κ1) is 20.4. The van der Waals surface area contributed by atoms with E-state index in [9.17, 15) is 4.79 Å². The number of hydrogen-bond acceptors (Lipinski definition) is 4. The van der Waals surface area contributed by atoms with Crippen LogP contribution in [0.4, 0.5) is 0 Å². The molecule has 1 N–H and O–H groups in total. The Labute approximate surface area is 187 Å². The first-order chi connectivity index (χ1) is 15.6. The number of aryl methyl sites for hydroxylation is 1. The van der Waals surface area contributed by atoms with Crippen molar-refractivity contribution < 1.29 is 4.79 Å². The number of hydrogen-bond donors (Lipinski definition) is 1. The molecule has 1 aliphatic rings. The maximum Gasteiger partial charge on any atom is 0.252 e. The molecule has 0 bridgehead atoms. The van der Waals surface area contributed by atoms with Crippen molar-refractivity contribution >= 4 is 16.9 Å². The molecular weight excluding hydrogens is 400 g/mol. The topological polar surface area (TPSA) is 77.6 Å². The monoisotopic (exact) mass is 428 g/mol. The lowest BCUT2D eigenvalue weighted by Gasteiger charge is -2.14. The standard InChI is InChI=1S/C25H28N6O/c1-17(15-30-12-6-11-27-30)14-26-25(32)21-13-22(20-9-10-20)28-24-23(21)18(2)29-31(24)16-19-7-4-3-5-8-19/h3-8,11-13,17,20H,9-10,14-16H2,1-2H3,(H,26,32)/t17-/m0/s1. The van der Waals surface area contributed by atoms with Crippen LogP contribution in [0.5, 0.6) is 0 Å². The molecule has 0 aliphatic heterocycles. The van der Waals surface area contributed by atoms with E-state index in [4.69, 9.17) is 10.1 Å². The largest absolute Gasteiger partial charge is 0.352 e. The number of fused-ring (bicyclic) bond motifs is 1. The van der Waals surface area contributed by atoms with E-state index in [-0.39, 0.29) is 11.8 Å². The van der Waals surface area contributed by atoms with Crippen LogP contribution < -0.4 is 5.32 Å². The Morgan fingerprint density at radius 1 is 1.22 bits per heavy atom. The van der Waals surface area contributed by atoms with E-state index in [1.165, 1.54) is 0 Å². The maximum atomic E-state index is 13.3. The molecule has 1 atom stereocenters. The van der Waals surface area contributed by atoms with Gasteiger partial charge >= 0.3 is 0 Å². The molecule has 0 spiro atoms. The molecule has 7 nitrogen and oxygen atoms in total. The summed E-state index contributed by atoms with van der Waals surface area (Å²) in [6, 6.07) is 14.1. The number of aromatic nitrogens is 5. The Morgan fingerprint density at radius 3 is 2.75 bits per heavy atom. The van der Waals surface area contributed by atoms with Crippen LogP contribution in [0, 0.1) is 12.8 Å². The number of amides is 1. The molecule has 0 saturated heterocycles. The molecule has 3 heterocycles. The molecule has 164 valence electrons. The lowest BCUT2D eigenvalue weighted by Crippen LogP contribution is -2.30. The van der Waals surface area contributed by atoms with E-state index in [1.54, 1.807) is 6.20 Å². The second kappa shape index (κ2) is 8.57. The molecule has 7 heteroatoms. The van der Waals surface area contributed by atoms with Gasteiger partial charge in [0.1, 0.15) is 0 Å². The van der Waals surface area contributed by atoms with E-state index in [1.807, 2.05) is 52.8 Å². The molecule has 1 amide bonds. The SMILES string of the molecule is Cc1nn(Cc2ccccc2)c2nc(C3CC3)cc(C(=O)NC[C@H](C)Cn3cccn3)c12. The van der Waals surface area contributed by atoms with Crippen molar-refractivity contribution in [2.75, 3.05) is 6.54 Å². The Morgan fingerprint density at radius 2 is 2.03 bits per heavy atom. The highest BCUT2D eigenvalue weighted by atomic mass is 16.1. The lowest BCUT2D eigenvalue weighted by atomic mass is 10.1. The summed E-state index contributed by atoms with van der Waals surface area (Å²) in [7, 11) is 0. The molecule has 0 radical (unpaired) electrons. The number of pyridine rings is 1. The van der Waals surface area contributed by atoms with Gasteiger partial charge < -0.3 is 5.32 Å². The van der Waals surface area contributed by atoms with E-state index < -0.39 is 0 Å². The minimum absolute atomic E-state index is 0.0611. The van der Waals surface area contributed by atoms with Gasteiger partial charge in [0.15, 0.2) is 5.65 Å². The summed E-state index contributed by atoms with van der Waals surface area (Å²) >= 11 is 0. The quantitative estimate of drug-likeness (QED) is 0.461. The predicted octanol–water partition coefficient (Wildman–Crippen LogP) is 3.93. The van der Waals surface area contributed by atoms with Crippen LogP contribution in [0.3, 0.4) is 0 Å². The number of rotatable bonds is 8. The number of nitrogens with one attached hydrogen (secondary N) is 1. The molecule has 1 aromatic carbocycles. The number of carbonyl (C=O) groups is 1. The Balaban J connectivity index is 1.43. The second-order valence-corrected chi connectivity index (χ2v) is 8.84. The minimum atomic E-state index is -0.0611. The van der Waals surface area contributed by atoms with E-state index in [0.717, 1.165) is 47.4 Å². The van der Waals surface area contributed by atoms with Gasteiger partial charge in [0, 0.05) is 37.1 Å². The van der Waals surface area contributed by atoms with Crippen molar-refractivity contribution in [2.24, 2.45) is 5.92 Å². The lowest BCUT2D eigenvalue weighted by molar-refractivity contribution is 0.0948. The van der Waals surface area contributed by atoms with E-state index in [2.05, 4.69) is 29.5 Å². The third-order valence-corrected chi connectivity index (χ3v) is 5.98. The predicted molar refractivity (Wildman–Crippen MR) is 124 cm³/mol. The van der Waals surface area contributed by atoms with Gasteiger partial charge in [-0.2, -0.15) is 10.2 Å². The van der Waals surface area contributed by atoms with Gasteiger partial charge in [-0.05, 0) is 43.4 Å². The first-order valence-electron chi connectivity index (χ1n) is 11.3. The van der Waals surface area contributed by atoms with Crippen molar-refractivity contribution in [2.45, 2.75) is 45.7 Å². The minimum Gasteiger partial charge on any atom is -0.352 e. The van der Waals surface area contributed by atoms with Gasteiger partial charge in [0.05, 0.1) is 23.2 Å². The summed E-state index contributed by atoms with van der Waals surface area (Å²) < 4.78 is 3.83. The highest BCUT2D eigenvalue weighted by molar-refractivity contribution is 6.06. The van der Waals surface area contributed by atoms with Gasteiger partial charge in [0.25, 0.3) is 5.91 Å². The molecule has 3 aromatic heterocycles. The molecule has 0 unspecified atom stereocenters. The summed E-state index contributed by atoms with van der Waals surface area (Å²) in [5.41, 5.74) is 4.47. The third kappa shape index (κ3) is 4.28. The average molecular weight is 429 g/mol. The van der Waals surface area contributed by atoms with Crippen molar-refractivity contribution in [3.05, 3.63) is 77.4 Å². The van der Waals surface area contributed by atoms with Gasteiger partial charge in [-0.15, -0.1) is 0 Å². The fourth-order valence-electron chi connectivity index (χ4n) is 4.16. The fourth-order valence-corrected chi connectivity index (χ4v) is 4.16. The summed E-state index contributed by atoms with van der Waals surface area (Å²) in [6.45, 7) is 6.05. The van der Waals surface area contributed by atoms with Gasteiger partial charge in [-0.25, -0.2) is 9.67 Å². The molecular formula is C25H28N6O. The van der Waals surface area contributed by atoms with Gasteiger partial charge in [-0.1, -0.05) is 37.3 Å². The van der Waals surface area contributed by atoms with E-state index >= 15 is 0 Å². The van der Waals surface area contributed by atoms with Gasteiger partial charge in [-0.3, -0.25) is 9.48 Å². The van der Waals surface area contributed by atoms with Crippen molar-refractivity contribution in [1.29, 1.82) is 0 Å². The summed E-state index contributed by atoms with van der Waals surface area (Å²) in [5.74, 6) is 0.653. The van der Waals surface area contributed by atoms with Crippen LogP contribution in [0.15, 0.2) is 54.9 Å². The van der Waals surface area contributed by atoms with Crippen molar-refractivity contribution in [3.8, 4) is 0 Å². The zero-order chi connectivity index (χ0) is 22.1. The third-order valence-electron chi connectivity index (χ3n) is 5.98. The molecule has 32 heavy (non-hydrogen) atoms. The zero-order valence-electron chi connectivity index (χ0n) is 18.5. The maximum absolute atomic E-state index is 13.3. The Hall–Kier alpha value is -3.48. The van der Waals surface area contributed by atoms with E-state index in [0.29, 0.717) is 24.6 Å². The summed E-state index contributed by atoms with van der Waals surface area (Å²) in [4.78, 5) is 18.2. The van der Waals surface area contributed by atoms with Crippen LogP contribution in [0.2, 0.25) is 0 Å². The average Bonchev–Trinajstić information content (AvgIpc) is 3.45. The number of carbonyl (C=O) groups excluding carboxylic acids is 1. The Bertz CT molecular complexity index is 1220. The molecule has 1 fully saturated rings. The first-order valence-corrected chi connectivity index (χ1v) is 11.3. The van der Waals surface area contributed by atoms with Crippen LogP contribution in [-0.4, -0.2) is 37.0 Å². The number of benzene rings is 1. The molecule has 5 rings (SSSR count). The van der Waals surface area contributed by atoms with Gasteiger partial charge in [0.2, 0.25) is 0 Å². The van der Waals surface area contributed by atoms with Crippen LogP contribution >= 0.6 is 0 Å². The number of nitrogens with zero attached hydrogens (tertiary/aromatic N) is 5. The molecule has 1 aliphatic carbocycles. The molecule has 1 saturated carbocycles. The smallest absolute Gasteiger partial charge is 0.252 e. The zero-order valence-corrected chi connectivity index (χ0v) is 18.5. The highest BCUT2D eigenvalue weighted by Gasteiger charge is 2.29.